The molecule has 0 amide bonds. The minimum Gasteiger partial charge on any atom is -0.550 e. The minimum absolute atomic E-state index is 0. The summed E-state index contributed by atoms with van der Waals surface area (Å²) in [6, 6.07) is 0. The van der Waals surface area contributed by atoms with Gasteiger partial charge in [-0.25, -0.2) is 0 Å². The van der Waals surface area contributed by atoms with Gasteiger partial charge in [0.1, 0.15) is 0 Å². The summed E-state index contributed by atoms with van der Waals surface area (Å²) in [4.78, 5) is 13.5. The summed E-state index contributed by atoms with van der Waals surface area (Å²) in [7, 11) is 0. The first-order valence-corrected chi connectivity index (χ1v) is 26.1. The molecule has 0 aromatic carbocycles. The Bertz CT molecular complexity index is 656. The minimum atomic E-state index is -0.893. The van der Waals surface area contributed by atoms with Crippen molar-refractivity contribution in [3.05, 3.63) is 0 Å². The molecule has 0 spiro atoms. The molecule has 56 heavy (non-hydrogen) atoms. The van der Waals surface area contributed by atoms with Crippen LogP contribution in [0.1, 0.15) is 309 Å². The summed E-state index contributed by atoms with van der Waals surface area (Å²) in [5.74, 6) is -0.893. The van der Waals surface area contributed by atoms with Gasteiger partial charge in [-0.05, 0) is 51.7 Å². The maximum absolute atomic E-state index is 10.8. The molecule has 0 N–H and O–H groups in total. The third-order valence-electron chi connectivity index (χ3n) is 12.5. The maximum Gasteiger partial charge on any atom is 1.00 e. The van der Waals surface area contributed by atoms with Gasteiger partial charge in [-0.2, -0.15) is 0 Å². The van der Waals surface area contributed by atoms with Crippen molar-refractivity contribution >= 4 is 5.97 Å². The largest absolute Gasteiger partial charge is 1.00 e. The van der Waals surface area contributed by atoms with E-state index in [9.17, 15) is 9.90 Å². The standard InChI is InChI=1S/C52H105NO2.Li/c1-3-5-7-9-11-13-15-17-19-21-23-25-27-29-31-33-35-37-39-41-45-49-53(51-47-43-44-48-52(54)55)50-46-42-40-38-36-34-32-30-28-26-24-22-20-18-16-14-12-10-8-6-4-2;/h3-51H2,1-2H3,(H,54,55);/q;+1/p-1. The van der Waals surface area contributed by atoms with Crippen molar-refractivity contribution < 1.29 is 28.8 Å². The Morgan fingerprint density at radius 3 is 0.625 bits per heavy atom. The smallest absolute Gasteiger partial charge is 0.550 e. The average molecular weight is 782 g/mol. The number of carboxylic acid groups (broad SMARTS) is 1. The van der Waals surface area contributed by atoms with Gasteiger partial charge in [-0.15, -0.1) is 0 Å². The van der Waals surface area contributed by atoms with Gasteiger partial charge in [-0.1, -0.05) is 277 Å². The van der Waals surface area contributed by atoms with Crippen molar-refractivity contribution in [2.24, 2.45) is 0 Å². The normalized spacial score (nSPS) is 11.5. The van der Waals surface area contributed by atoms with Crippen LogP contribution in [0.15, 0.2) is 0 Å². The molecule has 0 aliphatic heterocycles. The number of carbonyl (C=O) groups is 1. The van der Waals surface area contributed by atoms with Crippen LogP contribution in [0.3, 0.4) is 0 Å². The van der Waals surface area contributed by atoms with Gasteiger partial charge < -0.3 is 14.8 Å². The van der Waals surface area contributed by atoms with E-state index in [0.29, 0.717) is 0 Å². The zero-order valence-corrected chi connectivity index (χ0v) is 39.4. The van der Waals surface area contributed by atoms with Crippen LogP contribution in [0.5, 0.6) is 0 Å². The second-order valence-electron chi connectivity index (χ2n) is 18.2. The van der Waals surface area contributed by atoms with Crippen molar-refractivity contribution in [2.45, 2.75) is 309 Å². The van der Waals surface area contributed by atoms with Crippen LogP contribution in [0.4, 0.5) is 0 Å². The zero-order valence-electron chi connectivity index (χ0n) is 39.4. The van der Waals surface area contributed by atoms with E-state index in [0.717, 1.165) is 25.8 Å². The van der Waals surface area contributed by atoms with Crippen LogP contribution >= 0.6 is 0 Å². The molecule has 330 valence electrons. The zero-order chi connectivity index (χ0) is 39.8. The Balaban J connectivity index is 0. The first-order chi connectivity index (χ1) is 27.2. The van der Waals surface area contributed by atoms with Crippen LogP contribution in [0.25, 0.3) is 0 Å². The van der Waals surface area contributed by atoms with Crippen molar-refractivity contribution in [3.8, 4) is 0 Å². The van der Waals surface area contributed by atoms with Gasteiger partial charge in [0.2, 0.25) is 0 Å². The molecular formula is C52H104LiNO2. The van der Waals surface area contributed by atoms with Crippen LogP contribution in [-0.4, -0.2) is 30.5 Å². The quantitative estimate of drug-likeness (QED) is 0.0456. The monoisotopic (exact) mass is 782 g/mol. The van der Waals surface area contributed by atoms with E-state index in [1.807, 2.05) is 0 Å². The van der Waals surface area contributed by atoms with Crippen LogP contribution in [0.2, 0.25) is 0 Å². The van der Waals surface area contributed by atoms with Crippen LogP contribution in [-0.2, 0) is 4.79 Å². The Kier molecular flexibility index (Phi) is 55.1. The predicted molar refractivity (Wildman–Crippen MR) is 245 cm³/mol. The van der Waals surface area contributed by atoms with Gasteiger partial charge in [0.15, 0.2) is 0 Å². The molecule has 0 unspecified atom stereocenters. The second kappa shape index (κ2) is 53.0. The number of aliphatic carboxylic acids is 1. The molecule has 0 bridgehead atoms. The first-order valence-electron chi connectivity index (χ1n) is 26.1. The van der Waals surface area contributed by atoms with Crippen LogP contribution < -0.4 is 24.0 Å². The van der Waals surface area contributed by atoms with E-state index in [1.165, 1.54) is 283 Å². The molecule has 0 saturated carbocycles. The molecule has 3 nitrogen and oxygen atoms in total. The topological polar surface area (TPSA) is 43.4 Å². The number of unbranched alkanes of at least 4 members (excludes halogenated alkanes) is 42. The number of nitrogens with zero attached hydrogens (tertiary/aromatic N) is 1. The summed E-state index contributed by atoms with van der Waals surface area (Å²) in [5.41, 5.74) is 0. The van der Waals surface area contributed by atoms with Gasteiger partial charge in [0, 0.05) is 5.97 Å². The van der Waals surface area contributed by atoms with E-state index in [2.05, 4.69) is 18.7 Å². The molecule has 0 atom stereocenters. The van der Waals surface area contributed by atoms with Gasteiger partial charge in [0.05, 0.1) is 0 Å². The maximum atomic E-state index is 10.8. The predicted octanol–water partition coefficient (Wildman–Crippen LogP) is 14.0. The summed E-state index contributed by atoms with van der Waals surface area (Å²) in [5, 5.41) is 10.8. The van der Waals surface area contributed by atoms with Crippen molar-refractivity contribution in [1.82, 2.24) is 4.90 Å². The van der Waals surface area contributed by atoms with Gasteiger partial charge in [-0.3, -0.25) is 0 Å². The molecule has 0 aliphatic rings. The first kappa shape index (κ1) is 58.1. The summed E-state index contributed by atoms with van der Waals surface area (Å²) >= 11 is 0. The summed E-state index contributed by atoms with van der Waals surface area (Å²) in [6.45, 7) is 8.22. The average Bonchev–Trinajstić information content (AvgIpc) is 3.18. The molecular weight excluding hydrogens is 678 g/mol. The number of carbonyl (C=O) groups excluding carboxylic acids is 1. The molecule has 0 aliphatic carbocycles. The third-order valence-corrected chi connectivity index (χ3v) is 12.5. The van der Waals surface area contributed by atoms with Crippen LogP contribution in [0, 0.1) is 0 Å². The van der Waals surface area contributed by atoms with E-state index in [1.54, 1.807) is 0 Å². The third kappa shape index (κ3) is 52.0. The molecule has 0 aromatic heterocycles. The second-order valence-corrected chi connectivity index (χ2v) is 18.2. The molecule has 4 heteroatoms. The summed E-state index contributed by atoms with van der Waals surface area (Å²) < 4.78 is 0. The number of carboxylic acids is 1. The fraction of sp³-hybridized carbons (Fsp3) is 0.981. The van der Waals surface area contributed by atoms with Crippen molar-refractivity contribution in [3.63, 3.8) is 0 Å². The van der Waals surface area contributed by atoms with Gasteiger partial charge >= 0.3 is 18.9 Å². The van der Waals surface area contributed by atoms with E-state index in [4.69, 9.17) is 0 Å². The fourth-order valence-electron chi connectivity index (χ4n) is 8.65. The van der Waals surface area contributed by atoms with E-state index in [-0.39, 0.29) is 25.3 Å². The molecule has 0 heterocycles. The van der Waals surface area contributed by atoms with Crippen molar-refractivity contribution in [2.75, 3.05) is 19.6 Å². The SMILES string of the molecule is CCCCCCCCCCCCCCCCCCCCCCCN(CCCCCCCCCCCCCCCCCCCCCCC)CCCCCC(=O)[O-].[Li+]. The van der Waals surface area contributed by atoms with E-state index >= 15 is 0 Å². The Morgan fingerprint density at radius 2 is 0.446 bits per heavy atom. The van der Waals surface area contributed by atoms with Gasteiger partial charge in [0.25, 0.3) is 0 Å². The Morgan fingerprint density at radius 1 is 0.286 bits per heavy atom. The Hall–Kier alpha value is 0.0274. The molecule has 0 aromatic rings. The molecule has 0 radical (unpaired) electrons. The number of hydrogen-bond donors (Lipinski definition) is 0. The fourth-order valence-corrected chi connectivity index (χ4v) is 8.65. The van der Waals surface area contributed by atoms with E-state index < -0.39 is 5.97 Å². The summed E-state index contributed by atoms with van der Waals surface area (Å²) in [6.07, 6.45) is 63.6. The molecule has 0 saturated heterocycles. The molecule has 0 fully saturated rings. The Labute approximate surface area is 366 Å². The number of rotatable bonds is 50. The molecule has 0 rings (SSSR count). The van der Waals surface area contributed by atoms with Crippen molar-refractivity contribution in [1.29, 1.82) is 0 Å². The number of hydrogen-bond acceptors (Lipinski definition) is 3.